The molecule has 0 aliphatic rings. The Balaban J connectivity index is 2.15. The Morgan fingerprint density at radius 1 is 1.40 bits per heavy atom. The van der Waals surface area contributed by atoms with E-state index in [0.29, 0.717) is 11.5 Å². The van der Waals surface area contributed by atoms with Crippen molar-refractivity contribution in [2.45, 2.75) is 39.7 Å². The van der Waals surface area contributed by atoms with Gasteiger partial charge in [-0.05, 0) is 25.8 Å². The lowest BCUT2D eigenvalue weighted by Gasteiger charge is -2.14. The number of hydrogen-bond acceptors (Lipinski definition) is 2. The van der Waals surface area contributed by atoms with Gasteiger partial charge in [0, 0.05) is 30.7 Å². The highest BCUT2D eigenvalue weighted by Gasteiger charge is 2.19. The Morgan fingerprint density at radius 2 is 2.10 bits per heavy atom. The SMILES string of the molecule is Cc1nn(C)cc1C(C)NC(=O)c1cc[nH]c1C(C)C. The van der Waals surface area contributed by atoms with Crippen molar-refractivity contribution in [2.75, 3.05) is 0 Å². The molecule has 2 heterocycles. The molecule has 5 nitrogen and oxygen atoms in total. The van der Waals surface area contributed by atoms with Gasteiger partial charge < -0.3 is 10.3 Å². The van der Waals surface area contributed by atoms with Gasteiger partial charge in [-0.3, -0.25) is 9.48 Å². The molecule has 2 aromatic rings. The van der Waals surface area contributed by atoms with Crippen LogP contribution in [-0.2, 0) is 7.05 Å². The van der Waals surface area contributed by atoms with Crippen LogP contribution in [0, 0.1) is 6.92 Å². The third kappa shape index (κ3) is 2.76. The second-order valence-corrected chi connectivity index (χ2v) is 5.50. The van der Waals surface area contributed by atoms with Crippen molar-refractivity contribution < 1.29 is 4.79 Å². The molecule has 1 amide bonds. The van der Waals surface area contributed by atoms with Gasteiger partial charge in [-0.15, -0.1) is 0 Å². The quantitative estimate of drug-likeness (QED) is 0.900. The van der Waals surface area contributed by atoms with Crippen LogP contribution in [0.4, 0.5) is 0 Å². The number of aromatic nitrogens is 3. The van der Waals surface area contributed by atoms with Crippen molar-refractivity contribution in [3.63, 3.8) is 0 Å². The maximum Gasteiger partial charge on any atom is 0.253 e. The van der Waals surface area contributed by atoms with Crippen molar-refractivity contribution in [2.24, 2.45) is 7.05 Å². The first-order chi connectivity index (χ1) is 9.40. The van der Waals surface area contributed by atoms with Gasteiger partial charge in [-0.2, -0.15) is 5.10 Å². The molecule has 20 heavy (non-hydrogen) atoms. The van der Waals surface area contributed by atoms with Gasteiger partial charge >= 0.3 is 0 Å². The molecule has 5 heteroatoms. The summed E-state index contributed by atoms with van der Waals surface area (Å²) in [4.78, 5) is 15.5. The van der Waals surface area contributed by atoms with Crippen LogP contribution in [0.5, 0.6) is 0 Å². The number of H-pyrrole nitrogens is 1. The molecule has 108 valence electrons. The highest BCUT2D eigenvalue weighted by Crippen LogP contribution is 2.20. The average Bonchev–Trinajstić information content (AvgIpc) is 2.95. The third-order valence-corrected chi connectivity index (χ3v) is 3.47. The fourth-order valence-electron chi connectivity index (χ4n) is 2.45. The molecule has 0 spiro atoms. The van der Waals surface area contributed by atoms with E-state index >= 15 is 0 Å². The minimum absolute atomic E-state index is 0.0503. The number of carbonyl (C=O) groups is 1. The van der Waals surface area contributed by atoms with Crippen molar-refractivity contribution in [1.29, 1.82) is 0 Å². The molecule has 0 saturated carbocycles. The Hall–Kier alpha value is -2.04. The van der Waals surface area contributed by atoms with Crippen LogP contribution >= 0.6 is 0 Å². The van der Waals surface area contributed by atoms with Gasteiger partial charge in [0.15, 0.2) is 0 Å². The van der Waals surface area contributed by atoms with E-state index in [2.05, 4.69) is 29.2 Å². The molecule has 0 bridgehead atoms. The molecular weight excluding hydrogens is 252 g/mol. The van der Waals surface area contributed by atoms with Crippen LogP contribution < -0.4 is 5.32 Å². The first-order valence-corrected chi connectivity index (χ1v) is 6.88. The van der Waals surface area contributed by atoms with Crippen LogP contribution in [0.25, 0.3) is 0 Å². The van der Waals surface area contributed by atoms with Crippen molar-refractivity contribution in [1.82, 2.24) is 20.1 Å². The summed E-state index contributed by atoms with van der Waals surface area (Å²) >= 11 is 0. The first-order valence-electron chi connectivity index (χ1n) is 6.88. The molecule has 0 radical (unpaired) electrons. The summed E-state index contributed by atoms with van der Waals surface area (Å²) in [5, 5.41) is 7.34. The van der Waals surface area contributed by atoms with Crippen molar-refractivity contribution in [3.8, 4) is 0 Å². The zero-order valence-electron chi connectivity index (χ0n) is 12.7. The summed E-state index contributed by atoms with van der Waals surface area (Å²) in [6.07, 6.45) is 3.75. The predicted octanol–water partition coefficient (Wildman–Crippen LogP) is 2.67. The first kappa shape index (κ1) is 14.4. The number of rotatable bonds is 4. The molecule has 0 aromatic carbocycles. The molecular formula is C15H22N4O. The Labute approximate surface area is 119 Å². The lowest BCUT2D eigenvalue weighted by Crippen LogP contribution is -2.27. The molecule has 0 fully saturated rings. The van der Waals surface area contributed by atoms with E-state index in [4.69, 9.17) is 0 Å². The van der Waals surface area contributed by atoms with Crippen LogP contribution in [0.15, 0.2) is 18.5 Å². The smallest absolute Gasteiger partial charge is 0.253 e. The van der Waals surface area contributed by atoms with E-state index in [1.165, 1.54) is 0 Å². The van der Waals surface area contributed by atoms with E-state index in [0.717, 1.165) is 17.0 Å². The van der Waals surface area contributed by atoms with Crippen LogP contribution in [0.1, 0.15) is 60.0 Å². The Kier molecular flexibility index (Phi) is 3.97. The molecule has 2 aromatic heterocycles. The Morgan fingerprint density at radius 3 is 2.65 bits per heavy atom. The highest BCUT2D eigenvalue weighted by molar-refractivity contribution is 5.95. The van der Waals surface area contributed by atoms with Gasteiger partial charge in [0.1, 0.15) is 0 Å². The van der Waals surface area contributed by atoms with Gasteiger partial charge in [0.05, 0.1) is 17.3 Å². The number of nitrogens with one attached hydrogen (secondary N) is 2. The van der Waals surface area contributed by atoms with E-state index in [1.807, 2.05) is 39.4 Å². The molecule has 1 atom stereocenters. The largest absolute Gasteiger partial charge is 0.364 e. The number of aryl methyl sites for hydroxylation is 2. The minimum atomic E-state index is -0.0638. The number of carbonyl (C=O) groups excluding carboxylic acids is 1. The molecule has 0 saturated heterocycles. The average molecular weight is 274 g/mol. The lowest BCUT2D eigenvalue weighted by molar-refractivity contribution is 0.0938. The highest BCUT2D eigenvalue weighted by atomic mass is 16.1. The summed E-state index contributed by atoms with van der Waals surface area (Å²) in [7, 11) is 1.88. The zero-order chi connectivity index (χ0) is 14.9. The monoisotopic (exact) mass is 274 g/mol. The summed E-state index contributed by atoms with van der Waals surface area (Å²) in [6.45, 7) is 8.06. The lowest BCUT2D eigenvalue weighted by atomic mass is 10.0. The molecule has 0 aliphatic carbocycles. The normalized spacial score (nSPS) is 12.7. The fraction of sp³-hybridized carbons (Fsp3) is 0.467. The zero-order valence-corrected chi connectivity index (χ0v) is 12.7. The molecule has 2 rings (SSSR count). The Bertz CT molecular complexity index is 609. The topological polar surface area (TPSA) is 62.7 Å². The van der Waals surface area contributed by atoms with E-state index in [1.54, 1.807) is 4.68 Å². The summed E-state index contributed by atoms with van der Waals surface area (Å²) < 4.78 is 1.77. The molecule has 1 unspecified atom stereocenters. The molecule has 0 aliphatic heterocycles. The van der Waals surface area contributed by atoms with Crippen molar-refractivity contribution >= 4 is 5.91 Å². The van der Waals surface area contributed by atoms with E-state index in [9.17, 15) is 4.79 Å². The van der Waals surface area contributed by atoms with Gasteiger partial charge in [0.25, 0.3) is 5.91 Å². The number of amides is 1. The maximum atomic E-state index is 12.4. The van der Waals surface area contributed by atoms with Crippen LogP contribution in [0.3, 0.4) is 0 Å². The molecule has 2 N–H and O–H groups in total. The van der Waals surface area contributed by atoms with Crippen LogP contribution in [-0.4, -0.2) is 20.7 Å². The maximum absolute atomic E-state index is 12.4. The summed E-state index contributed by atoms with van der Waals surface area (Å²) in [5.74, 6) is 0.242. The van der Waals surface area contributed by atoms with Gasteiger partial charge in [-0.25, -0.2) is 0 Å². The summed E-state index contributed by atoms with van der Waals surface area (Å²) in [6, 6.07) is 1.76. The minimum Gasteiger partial charge on any atom is -0.364 e. The number of nitrogens with zero attached hydrogens (tertiary/aromatic N) is 2. The number of hydrogen-bond donors (Lipinski definition) is 2. The van der Waals surface area contributed by atoms with Crippen molar-refractivity contribution in [3.05, 3.63) is 41.0 Å². The second kappa shape index (κ2) is 5.53. The fourth-order valence-corrected chi connectivity index (χ4v) is 2.45. The number of aromatic amines is 1. The third-order valence-electron chi connectivity index (χ3n) is 3.47. The van der Waals surface area contributed by atoms with Crippen LogP contribution in [0.2, 0.25) is 0 Å². The predicted molar refractivity (Wildman–Crippen MR) is 78.7 cm³/mol. The summed E-state index contributed by atoms with van der Waals surface area (Å²) in [5.41, 5.74) is 3.67. The van der Waals surface area contributed by atoms with E-state index < -0.39 is 0 Å². The second-order valence-electron chi connectivity index (χ2n) is 5.50. The van der Waals surface area contributed by atoms with Gasteiger partial charge in [-0.1, -0.05) is 13.8 Å². The van der Waals surface area contributed by atoms with Gasteiger partial charge in [0.2, 0.25) is 0 Å². The standard InChI is InChI=1S/C15H22N4O/c1-9(2)14-12(6-7-16-14)15(20)17-10(3)13-8-19(5)18-11(13)4/h6-10,16H,1-5H3,(H,17,20). The van der Waals surface area contributed by atoms with E-state index in [-0.39, 0.29) is 11.9 Å².